The van der Waals surface area contributed by atoms with Crippen molar-refractivity contribution in [3.8, 4) is 0 Å². The first-order valence-corrected chi connectivity index (χ1v) is 7.35. The summed E-state index contributed by atoms with van der Waals surface area (Å²) in [5, 5.41) is 12.0. The highest BCUT2D eigenvalue weighted by molar-refractivity contribution is 5.83. The van der Waals surface area contributed by atoms with E-state index in [2.05, 4.69) is 5.32 Å². The fraction of sp³-hybridized carbons (Fsp3) is 0.867. The van der Waals surface area contributed by atoms with Crippen molar-refractivity contribution in [2.45, 2.75) is 52.4 Å². The number of nitrogens with one attached hydrogen (secondary N) is 1. The van der Waals surface area contributed by atoms with Gasteiger partial charge in [-0.3, -0.25) is 9.59 Å². The molecule has 2 N–H and O–H groups in total. The summed E-state index contributed by atoms with van der Waals surface area (Å²) in [5.41, 5.74) is -1.11. The first kappa shape index (κ1) is 17.0. The van der Waals surface area contributed by atoms with Crippen molar-refractivity contribution in [3.05, 3.63) is 0 Å². The monoisotopic (exact) mass is 285 g/mol. The Hall–Kier alpha value is -1.10. The molecule has 0 atom stereocenters. The van der Waals surface area contributed by atoms with Crippen LogP contribution < -0.4 is 5.32 Å². The maximum absolute atomic E-state index is 12.4. The second kappa shape index (κ2) is 7.07. The maximum atomic E-state index is 12.4. The standard InChI is InChI=1S/C15H27NO4/c1-14(2,13(18)19)8-10-16-12(17)15(9-11-20-3)6-4-5-7-15/h4-11H2,1-3H3,(H,16,17)(H,18,19). The van der Waals surface area contributed by atoms with E-state index in [1.807, 2.05) is 0 Å². The van der Waals surface area contributed by atoms with Crippen LogP contribution in [0.25, 0.3) is 0 Å². The number of rotatable bonds is 8. The Labute approximate surface area is 121 Å². The number of hydrogen-bond donors (Lipinski definition) is 2. The molecule has 0 aliphatic heterocycles. The van der Waals surface area contributed by atoms with Gasteiger partial charge in [-0.2, -0.15) is 0 Å². The molecule has 116 valence electrons. The lowest BCUT2D eigenvalue weighted by molar-refractivity contribution is -0.147. The summed E-state index contributed by atoms with van der Waals surface area (Å²) >= 11 is 0. The van der Waals surface area contributed by atoms with E-state index in [1.54, 1.807) is 21.0 Å². The van der Waals surface area contributed by atoms with E-state index < -0.39 is 11.4 Å². The SMILES string of the molecule is COCCC1(C(=O)NCCC(C)(C)C(=O)O)CCCC1. The predicted octanol–water partition coefficient (Wildman–Crippen LogP) is 2.20. The highest BCUT2D eigenvalue weighted by Crippen LogP contribution is 2.41. The van der Waals surface area contributed by atoms with Gasteiger partial charge in [0.1, 0.15) is 0 Å². The Bertz CT molecular complexity index is 346. The molecule has 1 aliphatic carbocycles. The maximum Gasteiger partial charge on any atom is 0.309 e. The molecule has 0 aromatic rings. The lowest BCUT2D eigenvalue weighted by Crippen LogP contribution is -2.41. The summed E-state index contributed by atoms with van der Waals surface area (Å²) in [4.78, 5) is 23.4. The van der Waals surface area contributed by atoms with Crippen LogP contribution in [-0.2, 0) is 14.3 Å². The van der Waals surface area contributed by atoms with Gasteiger partial charge in [-0.25, -0.2) is 0 Å². The molecule has 5 heteroatoms. The third-order valence-electron chi connectivity index (χ3n) is 4.44. The smallest absolute Gasteiger partial charge is 0.309 e. The van der Waals surface area contributed by atoms with Crippen LogP contribution in [0.5, 0.6) is 0 Å². The van der Waals surface area contributed by atoms with Gasteiger partial charge in [-0.15, -0.1) is 0 Å². The lowest BCUT2D eigenvalue weighted by atomic mass is 9.81. The van der Waals surface area contributed by atoms with E-state index >= 15 is 0 Å². The third-order valence-corrected chi connectivity index (χ3v) is 4.44. The molecule has 0 aromatic heterocycles. The van der Waals surface area contributed by atoms with Crippen LogP contribution in [0.15, 0.2) is 0 Å². The number of aliphatic carboxylic acids is 1. The highest BCUT2D eigenvalue weighted by atomic mass is 16.5. The third kappa shape index (κ3) is 4.20. The fourth-order valence-corrected chi connectivity index (χ4v) is 2.72. The van der Waals surface area contributed by atoms with Crippen LogP contribution in [0.2, 0.25) is 0 Å². The predicted molar refractivity (Wildman–Crippen MR) is 76.4 cm³/mol. The molecule has 0 radical (unpaired) electrons. The van der Waals surface area contributed by atoms with E-state index in [1.165, 1.54) is 0 Å². The topological polar surface area (TPSA) is 75.6 Å². The molecule has 1 aliphatic rings. The largest absolute Gasteiger partial charge is 0.481 e. The van der Waals surface area contributed by atoms with Crippen molar-refractivity contribution >= 4 is 11.9 Å². The number of carboxylic acids is 1. The zero-order chi connectivity index (χ0) is 15.2. The van der Waals surface area contributed by atoms with Gasteiger partial charge in [0.05, 0.1) is 10.8 Å². The van der Waals surface area contributed by atoms with Crippen LogP contribution in [-0.4, -0.2) is 37.2 Å². The molecular weight excluding hydrogens is 258 g/mol. The average Bonchev–Trinajstić information content (AvgIpc) is 2.86. The zero-order valence-corrected chi connectivity index (χ0v) is 12.8. The summed E-state index contributed by atoms with van der Waals surface area (Å²) in [5.74, 6) is -0.769. The summed E-state index contributed by atoms with van der Waals surface area (Å²) < 4.78 is 5.11. The Kier molecular flexibility index (Phi) is 5.99. The summed E-state index contributed by atoms with van der Waals surface area (Å²) in [6.07, 6.45) is 5.16. The van der Waals surface area contributed by atoms with Crippen LogP contribution in [0.4, 0.5) is 0 Å². The summed E-state index contributed by atoms with van der Waals surface area (Å²) in [7, 11) is 1.65. The van der Waals surface area contributed by atoms with Gasteiger partial charge in [0.2, 0.25) is 5.91 Å². The number of methoxy groups -OCH3 is 1. The molecule has 0 heterocycles. The molecule has 0 unspecified atom stereocenters. The van der Waals surface area contributed by atoms with Gasteiger partial charge >= 0.3 is 5.97 Å². The minimum atomic E-state index is -0.832. The molecule has 1 rings (SSSR count). The Balaban J connectivity index is 2.49. The minimum Gasteiger partial charge on any atom is -0.481 e. The first-order chi connectivity index (χ1) is 9.34. The van der Waals surface area contributed by atoms with Crippen molar-refractivity contribution < 1.29 is 19.4 Å². The van der Waals surface area contributed by atoms with E-state index in [9.17, 15) is 9.59 Å². The van der Waals surface area contributed by atoms with Gasteiger partial charge in [-0.05, 0) is 39.5 Å². The molecule has 0 spiro atoms. The molecule has 20 heavy (non-hydrogen) atoms. The molecule has 1 fully saturated rings. The second-order valence-electron chi connectivity index (χ2n) is 6.43. The Morgan fingerprint density at radius 3 is 2.40 bits per heavy atom. The first-order valence-electron chi connectivity index (χ1n) is 7.35. The van der Waals surface area contributed by atoms with Crippen LogP contribution in [0, 0.1) is 10.8 Å². The van der Waals surface area contributed by atoms with Crippen molar-refractivity contribution in [2.24, 2.45) is 10.8 Å². The van der Waals surface area contributed by atoms with Gasteiger partial charge in [0.15, 0.2) is 0 Å². The Morgan fingerprint density at radius 1 is 1.30 bits per heavy atom. The molecule has 5 nitrogen and oxygen atoms in total. The number of ether oxygens (including phenoxy) is 1. The van der Waals surface area contributed by atoms with Gasteiger partial charge in [-0.1, -0.05) is 12.8 Å². The van der Waals surface area contributed by atoms with Crippen LogP contribution >= 0.6 is 0 Å². The molecular formula is C15H27NO4. The minimum absolute atomic E-state index is 0.0632. The van der Waals surface area contributed by atoms with Gasteiger partial charge in [0.25, 0.3) is 0 Å². The normalized spacial score (nSPS) is 17.9. The van der Waals surface area contributed by atoms with Crippen LogP contribution in [0.1, 0.15) is 52.4 Å². The molecule has 1 saturated carbocycles. The summed E-state index contributed by atoms with van der Waals surface area (Å²) in [6.45, 7) is 4.36. The van der Waals surface area contributed by atoms with E-state index in [0.29, 0.717) is 19.6 Å². The van der Waals surface area contributed by atoms with Crippen molar-refractivity contribution in [2.75, 3.05) is 20.3 Å². The highest BCUT2D eigenvalue weighted by Gasteiger charge is 2.40. The van der Waals surface area contributed by atoms with Crippen molar-refractivity contribution in [1.82, 2.24) is 5.32 Å². The van der Waals surface area contributed by atoms with Crippen molar-refractivity contribution in [3.63, 3.8) is 0 Å². The Morgan fingerprint density at radius 2 is 1.90 bits per heavy atom. The number of carboxylic acid groups (broad SMARTS) is 1. The fourth-order valence-electron chi connectivity index (χ4n) is 2.72. The lowest BCUT2D eigenvalue weighted by Gasteiger charge is -2.28. The summed E-state index contributed by atoms with van der Waals surface area (Å²) in [6, 6.07) is 0. The average molecular weight is 285 g/mol. The number of hydrogen-bond acceptors (Lipinski definition) is 3. The number of carbonyl (C=O) groups excluding carboxylic acids is 1. The van der Waals surface area contributed by atoms with Gasteiger partial charge < -0.3 is 15.2 Å². The zero-order valence-electron chi connectivity index (χ0n) is 12.8. The van der Waals surface area contributed by atoms with Crippen LogP contribution in [0.3, 0.4) is 0 Å². The molecule has 0 aromatic carbocycles. The molecule has 0 saturated heterocycles. The van der Waals surface area contributed by atoms with E-state index in [-0.39, 0.29) is 11.3 Å². The van der Waals surface area contributed by atoms with E-state index in [4.69, 9.17) is 9.84 Å². The van der Waals surface area contributed by atoms with Crippen molar-refractivity contribution in [1.29, 1.82) is 0 Å². The molecule has 0 bridgehead atoms. The second-order valence-corrected chi connectivity index (χ2v) is 6.43. The number of amides is 1. The van der Waals surface area contributed by atoms with E-state index in [0.717, 1.165) is 32.1 Å². The molecule has 1 amide bonds. The van der Waals surface area contributed by atoms with Gasteiger partial charge in [0, 0.05) is 20.3 Å². The quantitative estimate of drug-likeness (QED) is 0.717. The number of carbonyl (C=O) groups is 2.